The topological polar surface area (TPSA) is 75.7 Å². The van der Waals surface area contributed by atoms with Gasteiger partial charge in [-0.3, -0.25) is 4.79 Å². The van der Waals surface area contributed by atoms with E-state index in [1.807, 2.05) is 42.5 Å². The van der Waals surface area contributed by atoms with Crippen LogP contribution in [0.5, 0.6) is 5.75 Å². The molecule has 3 aromatic rings. The second-order valence-electron chi connectivity index (χ2n) is 8.79. The van der Waals surface area contributed by atoms with Gasteiger partial charge in [0.15, 0.2) is 0 Å². The van der Waals surface area contributed by atoms with Crippen LogP contribution in [0.3, 0.4) is 0 Å². The molecule has 190 valence electrons. The molecule has 0 aromatic heterocycles. The van der Waals surface area contributed by atoms with Gasteiger partial charge in [0.1, 0.15) is 5.75 Å². The van der Waals surface area contributed by atoms with Gasteiger partial charge in [0.05, 0.1) is 12.0 Å². The lowest BCUT2D eigenvalue weighted by Crippen LogP contribution is -2.35. The Morgan fingerprint density at radius 2 is 1.69 bits per heavy atom. The number of nitrogens with one attached hydrogen (secondary N) is 1. The minimum Gasteiger partial charge on any atom is -0.496 e. The van der Waals surface area contributed by atoms with E-state index in [1.165, 1.54) is 10.5 Å². The van der Waals surface area contributed by atoms with Crippen molar-refractivity contribution < 1.29 is 17.9 Å². The fourth-order valence-electron chi connectivity index (χ4n) is 4.20. The number of methoxy groups -OCH3 is 1. The number of hydrogen-bond donors (Lipinski definition) is 1. The highest BCUT2D eigenvalue weighted by Gasteiger charge is 2.26. The monoisotopic (exact) mass is 524 g/mol. The molecular weight excluding hydrogens is 492 g/mol. The highest BCUT2D eigenvalue weighted by molar-refractivity contribution is 7.98. The number of rotatable bonds is 10. The number of aryl methyl sites for hydroxylation is 1. The summed E-state index contributed by atoms with van der Waals surface area (Å²) in [4.78, 5) is 14.1. The zero-order chi connectivity index (χ0) is 25.4. The third-order valence-corrected chi connectivity index (χ3v) is 9.19. The number of anilines is 1. The molecule has 3 aromatic carbocycles. The van der Waals surface area contributed by atoms with Gasteiger partial charge in [0, 0.05) is 35.8 Å². The van der Waals surface area contributed by atoms with E-state index in [2.05, 4.69) is 17.4 Å². The molecule has 6 nitrogen and oxygen atoms in total. The molecule has 0 radical (unpaired) electrons. The zero-order valence-electron chi connectivity index (χ0n) is 20.5. The SMILES string of the molecule is COc1ccc(S(=O)(=O)N2CCCCC2)cc1CCC(=O)Nc1ccc(CSc2ccccc2)cc1. The molecule has 1 saturated heterocycles. The molecule has 1 fully saturated rings. The number of carbonyl (C=O) groups is 1. The number of piperidine rings is 1. The first-order chi connectivity index (χ1) is 17.5. The van der Waals surface area contributed by atoms with E-state index < -0.39 is 10.0 Å². The fraction of sp³-hybridized carbons (Fsp3) is 0.321. The van der Waals surface area contributed by atoms with Gasteiger partial charge in [0.25, 0.3) is 0 Å². The molecule has 1 heterocycles. The molecule has 1 N–H and O–H groups in total. The summed E-state index contributed by atoms with van der Waals surface area (Å²) < 4.78 is 33.1. The molecule has 4 rings (SSSR count). The number of sulfonamides is 1. The van der Waals surface area contributed by atoms with Crippen LogP contribution in [-0.4, -0.2) is 38.8 Å². The van der Waals surface area contributed by atoms with Gasteiger partial charge in [-0.25, -0.2) is 8.42 Å². The zero-order valence-corrected chi connectivity index (χ0v) is 22.1. The summed E-state index contributed by atoms with van der Waals surface area (Å²) in [6, 6.07) is 23.0. The van der Waals surface area contributed by atoms with E-state index in [1.54, 1.807) is 41.4 Å². The van der Waals surface area contributed by atoms with E-state index in [9.17, 15) is 13.2 Å². The maximum absolute atomic E-state index is 13.1. The number of thioether (sulfide) groups is 1. The number of nitrogens with zero attached hydrogens (tertiary/aromatic N) is 1. The maximum Gasteiger partial charge on any atom is 0.243 e. The Labute approximate surface area is 218 Å². The summed E-state index contributed by atoms with van der Waals surface area (Å²) in [6.07, 6.45) is 3.42. The molecule has 36 heavy (non-hydrogen) atoms. The number of hydrogen-bond acceptors (Lipinski definition) is 5. The Morgan fingerprint density at radius 1 is 0.972 bits per heavy atom. The van der Waals surface area contributed by atoms with E-state index in [-0.39, 0.29) is 17.2 Å². The molecule has 1 amide bonds. The van der Waals surface area contributed by atoms with Crippen LogP contribution in [0.15, 0.2) is 82.6 Å². The van der Waals surface area contributed by atoms with Crippen LogP contribution < -0.4 is 10.1 Å². The summed E-state index contributed by atoms with van der Waals surface area (Å²) in [5, 5.41) is 2.93. The summed E-state index contributed by atoms with van der Waals surface area (Å²) in [7, 11) is -2.00. The van der Waals surface area contributed by atoms with Crippen LogP contribution in [-0.2, 0) is 27.0 Å². The quantitative estimate of drug-likeness (QED) is 0.343. The van der Waals surface area contributed by atoms with Crippen molar-refractivity contribution >= 4 is 33.4 Å². The Bertz CT molecular complexity index is 1260. The van der Waals surface area contributed by atoms with Crippen LogP contribution in [0, 0.1) is 0 Å². The van der Waals surface area contributed by atoms with Crippen molar-refractivity contribution in [2.45, 2.75) is 47.6 Å². The van der Waals surface area contributed by atoms with Gasteiger partial charge in [-0.05, 0) is 72.9 Å². The van der Waals surface area contributed by atoms with E-state index in [0.717, 1.165) is 30.7 Å². The first kappa shape index (κ1) is 26.3. The molecule has 0 bridgehead atoms. The minimum atomic E-state index is -3.55. The van der Waals surface area contributed by atoms with Crippen molar-refractivity contribution in [3.63, 3.8) is 0 Å². The smallest absolute Gasteiger partial charge is 0.243 e. The highest BCUT2D eigenvalue weighted by Crippen LogP contribution is 2.28. The van der Waals surface area contributed by atoms with Crippen LogP contribution in [0.4, 0.5) is 5.69 Å². The molecule has 0 unspecified atom stereocenters. The molecule has 0 atom stereocenters. The van der Waals surface area contributed by atoms with Gasteiger partial charge < -0.3 is 10.1 Å². The normalized spacial score (nSPS) is 14.4. The van der Waals surface area contributed by atoms with Crippen molar-refractivity contribution in [1.29, 1.82) is 0 Å². The van der Waals surface area contributed by atoms with Crippen LogP contribution in [0.1, 0.15) is 36.8 Å². The van der Waals surface area contributed by atoms with E-state index in [4.69, 9.17) is 4.74 Å². The lowest BCUT2D eigenvalue weighted by molar-refractivity contribution is -0.116. The van der Waals surface area contributed by atoms with Crippen molar-refractivity contribution in [1.82, 2.24) is 4.31 Å². The summed E-state index contributed by atoms with van der Waals surface area (Å²) >= 11 is 1.77. The van der Waals surface area contributed by atoms with Gasteiger partial charge in [0.2, 0.25) is 15.9 Å². The average molecular weight is 525 g/mol. The van der Waals surface area contributed by atoms with Crippen LogP contribution in [0.2, 0.25) is 0 Å². The Balaban J connectivity index is 1.34. The average Bonchev–Trinajstić information content (AvgIpc) is 2.92. The Morgan fingerprint density at radius 3 is 2.39 bits per heavy atom. The molecule has 0 aliphatic carbocycles. The molecule has 0 saturated carbocycles. The summed E-state index contributed by atoms with van der Waals surface area (Å²) in [5.41, 5.74) is 2.62. The highest BCUT2D eigenvalue weighted by atomic mass is 32.2. The Hall–Kier alpha value is -2.81. The Kier molecular flexibility index (Phi) is 9.07. The second kappa shape index (κ2) is 12.4. The summed E-state index contributed by atoms with van der Waals surface area (Å²) in [5.74, 6) is 1.31. The third-order valence-electron chi connectivity index (χ3n) is 6.21. The number of benzene rings is 3. The first-order valence-corrected chi connectivity index (χ1v) is 14.6. The van der Waals surface area contributed by atoms with E-state index in [0.29, 0.717) is 30.8 Å². The number of carbonyl (C=O) groups excluding carboxylic acids is 1. The third kappa shape index (κ3) is 6.90. The fourth-order valence-corrected chi connectivity index (χ4v) is 6.65. The van der Waals surface area contributed by atoms with Crippen molar-refractivity contribution in [3.05, 3.63) is 83.9 Å². The van der Waals surface area contributed by atoms with Crippen molar-refractivity contribution in [2.75, 3.05) is 25.5 Å². The molecule has 1 aliphatic rings. The minimum absolute atomic E-state index is 0.132. The lowest BCUT2D eigenvalue weighted by Gasteiger charge is -2.26. The maximum atomic E-state index is 13.1. The van der Waals surface area contributed by atoms with Crippen molar-refractivity contribution in [3.8, 4) is 5.75 Å². The molecule has 0 spiro atoms. The largest absolute Gasteiger partial charge is 0.496 e. The van der Waals surface area contributed by atoms with E-state index >= 15 is 0 Å². The van der Waals surface area contributed by atoms with Crippen molar-refractivity contribution in [2.24, 2.45) is 0 Å². The van der Waals surface area contributed by atoms with Gasteiger partial charge in [-0.1, -0.05) is 36.8 Å². The number of ether oxygens (including phenoxy) is 1. The van der Waals surface area contributed by atoms with Crippen LogP contribution >= 0.6 is 11.8 Å². The van der Waals surface area contributed by atoms with Gasteiger partial charge in [-0.15, -0.1) is 11.8 Å². The van der Waals surface area contributed by atoms with Gasteiger partial charge >= 0.3 is 0 Å². The van der Waals surface area contributed by atoms with Crippen LogP contribution in [0.25, 0.3) is 0 Å². The second-order valence-corrected chi connectivity index (χ2v) is 11.8. The lowest BCUT2D eigenvalue weighted by atomic mass is 10.1. The predicted octanol–water partition coefficient (Wildman–Crippen LogP) is 5.73. The number of amides is 1. The summed E-state index contributed by atoms with van der Waals surface area (Å²) in [6.45, 7) is 1.10. The first-order valence-electron chi connectivity index (χ1n) is 12.2. The molecule has 8 heteroatoms. The predicted molar refractivity (Wildman–Crippen MR) is 145 cm³/mol. The standard InChI is InChI=1S/C28H32N2O4S2/c1-34-27-16-15-26(36(32,33)30-18-6-3-7-19-30)20-23(27)12-17-28(31)29-24-13-10-22(11-14-24)21-35-25-8-4-2-5-9-25/h2,4-5,8-11,13-16,20H,3,6-7,12,17-19,21H2,1H3,(H,29,31). The molecule has 1 aliphatic heterocycles. The molecular formula is C28H32N2O4S2. The van der Waals surface area contributed by atoms with Gasteiger partial charge in [-0.2, -0.15) is 4.31 Å².